The fourth-order valence-electron chi connectivity index (χ4n) is 4.59. The first-order chi connectivity index (χ1) is 18.5. The number of amides is 4. The number of rotatable bonds is 5. The van der Waals surface area contributed by atoms with Gasteiger partial charge in [-0.25, -0.2) is 4.79 Å². The van der Waals surface area contributed by atoms with Crippen LogP contribution in [0.4, 0.5) is 21.9 Å². The van der Waals surface area contributed by atoms with Crippen molar-refractivity contribution >= 4 is 34.9 Å². The van der Waals surface area contributed by atoms with E-state index in [-0.39, 0.29) is 23.6 Å². The molecule has 10 nitrogen and oxygen atoms in total. The number of morpholine rings is 1. The van der Waals surface area contributed by atoms with Gasteiger partial charge in [0.25, 0.3) is 11.8 Å². The molecule has 38 heavy (non-hydrogen) atoms. The second-order valence-corrected chi connectivity index (χ2v) is 9.34. The van der Waals surface area contributed by atoms with E-state index in [9.17, 15) is 14.4 Å². The van der Waals surface area contributed by atoms with Crippen LogP contribution >= 0.6 is 0 Å². The Labute approximate surface area is 221 Å². The average Bonchev–Trinajstić information content (AvgIpc) is 3.50. The van der Waals surface area contributed by atoms with Crippen LogP contribution in [0.1, 0.15) is 26.5 Å². The molecule has 0 saturated carbocycles. The molecule has 3 aromatic rings. The minimum Gasteiger partial charge on any atom is -0.459 e. The Bertz CT molecular complexity index is 1280. The highest BCUT2D eigenvalue weighted by Crippen LogP contribution is 2.28. The second kappa shape index (κ2) is 11.4. The number of urea groups is 1. The molecule has 10 heteroatoms. The second-order valence-electron chi connectivity index (χ2n) is 9.34. The first-order valence-corrected chi connectivity index (χ1v) is 12.7. The Hall–Kier alpha value is -4.31. The summed E-state index contributed by atoms with van der Waals surface area (Å²) in [6, 6.07) is 16.1. The summed E-state index contributed by atoms with van der Waals surface area (Å²) in [5.41, 5.74) is 3.67. The fraction of sp³-hybridized carbons (Fsp3) is 0.321. The van der Waals surface area contributed by atoms with Crippen molar-refractivity contribution in [1.82, 2.24) is 9.80 Å². The van der Waals surface area contributed by atoms with Gasteiger partial charge in [-0.1, -0.05) is 17.7 Å². The zero-order chi connectivity index (χ0) is 26.5. The van der Waals surface area contributed by atoms with Gasteiger partial charge in [0.05, 0.1) is 25.0 Å². The van der Waals surface area contributed by atoms with Crippen molar-refractivity contribution in [1.29, 1.82) is 0 Å². The Kier molecular flexibility index (Phi) is 7.60. The van der Waals surface area contributed by atoms with E-state index in [2.05, 4.69) is 15.5 Å². The van der Waals surface area contributed by atoms with Crippen LogP contribution in [0.25, 0.3) is 0 Å². The number of benzene rings is 2. The largest absolute Gasteiger partial charge is 0.459 e. The summed E-state index contributed by atoms with van der Waals surface area (Å²) >= 11 is 0. The summed E-state index contributed by atoms with van der Waals surface area (Å²) < 4.78 is 10.6. The molecule has 2 saturated heterocycles. The van der Waals surface area contributed by atoms with Gasteiger partial charge >= 0.3 is 6.03 Å². The van der Waals surface area contributed by atoms with Crippen molar-refractivity contribution in [2.45, 2.75) is 6.92 Å². The number of hydrogen-bond donors (Lipinski definition) is 2. The predicted molar refractivity (Wildman–Crippen MR) is 144 cm³/mol. The molecular weight excluding hydrogens is 486 g/mol. The van der Waals surface area contributed by atoms with Crippen LogP contribution in [0.2, 0.25) is 0 Å². The number of furan rings is 1. The molecule has 0 aliphatic carbocycles. The highest BCUT2D eigenvalue weighted by molar-refractivity contribution is 6.05. The SMILES string of the molecule is Cc1ccc(NC(=O)N2CCN(c3ccc(NC(=O)c4ccco4)cc3C(=O)N3CCOCC3)CC2)cc1. The lowest BCUT2D eigenvalue weighted by Crippen LogP contribution is -2.50. The molecule has 3 heterocycles. The molecule has 4 amide bonds. The van der Waals surface area contributed by atoms with E-state index in [1.165, 1.54) is 6.26 Å². The van der Waals surface area contributed by atoms with Crippen LogP contribution in [0.15, 0.2) is 65.3 Å². The van der Waals surface area contributed by atoms with Gasteiger partial charge in [0.1, 0.15) is 0 Å². The molecule has 2 N–H and O–H groups in total. The lowest BCUT2D eigenvalue weighted by Gasteiger charge is -2.37. The summed E-state index contributed by atoms with van der Waals surface area (Å²) in [6.45, 7) is 6.17. The zero-order valence-electron chi connectivity index (χ0n) is 21.3. The number of carbonyl (C=O) groups excluding carboxylic acids is 3. The monoisotopic (exact) mass is 517 g/mol. The summed E-state index contributed by atoms with van der Waals surface area (Å²) in [5.74, 6) is -0.312. The van der Waals surface area contributed by atoms with E-state index in [1.807, 2.05) is 37.3 Å². The van der Waals surface area contributed by atoms with E-state index in [0.717, 1.165) is 16.9 Å². The van der Waals surface area contributed by atoms with Crippen molar-refractivity contribution in [3.05, 3.63) is 77.7 Å². The summed E-state index contributed by atoms with van der Waals surface area (Å²) in [6.07, 6.45) is 1.44. The maximum absolute atomic E-state index is 13.6. The minimum absolute atomic E-state index is 0.114. The Morgan fingerprint density at radius 3 is 2.18 bits per heavy atom. The third-order valence-corrected chi connectivity index (χ3v) is 6.74. The molecule has 1 aromatic heterocycles. The van der Waals surface area contributed by atoms with E-state index in [4.69, 9.17) is 9.15 Å². The molecule has 2 aliphatic heterocycles. The molecule has 2 aromatic carbocycles. The van der Waals surface area contributed by atoms with Crippen LogP contribution < -0.4 is 15.5 Å². The fourth-order valence-corrected chi connectivity index (χ4v) is 4.59. The van der Waals surface area contributed by atoms with Gasteiger partial charge in [-0.15, -0.1) is 0 Å². The van der Waals surface area contributed by atoms with Crippen LogP contribution in [-0.2, 0) is 4.74 Å². The number of carbonyl (C=O) groups is 3. The first kappa shape index (κ1) is 25.3. The van der Waals surface area contributed by atoms with Gasteiger partial charge in [0.15, 0.2) is 5.76 Å². The van der Waals surface area contributed by atoms with Gasteiger partial charge in [0, 0.05) is 56.3 Å². The van der Waals surface area contributed by atoms with Gasteiger partial charge < -0.3 is 34.5 Å². The summed E-state index contributed by atoms with van der Waals surface area (Å²) in [5, 5.41) is 5.76. The number of nitrogens with zero attached hydrogens (tertiary/aromatic N) is 3. The Balaban J connectivity index is 1.31. The molecule has 0 unspecified atom stereocenters. The number of aryl methyl sites for hydroxylation is 1. The predicted octanol–water partition coefficient (Wildman–Crippen LogP) is 3.67. The number of piperazine rings is 1. The van der Waals surface area contributed by atoms with Gasteiger partial charge in [-0.3, -0.25) is 9.59 Å². The van der Waals surface area contributed by atoms with E-state index >= 15 is 0 Å². The molecule has 0 radical (unpaired) electrons. The zero-order valence-corrected chi connectivity index (χ0v) is 21.3. The van der Waals surface area contributed by atoms with E-state index in [1.54, 1.807) is 34.1 Å². The maximum Gasteiger partial charge on any atom is 0.321 e. The van der Waals surface area contributed by atoms with E-state index < -0.39 is 0 Å². The van der Waals surface area contributed by atoms with Crippen molar-refractivity contribution in [2.24, 2.45) is 0 Å². The highest BCUT2D eigenvalue weighted by Gasteiger charge is 2.27. The third kappa shape index (κ3) is 5.81. The molecule has 198 valence electrons. The molecular formula is C28H31N5O5. The molecule has 0 spiro atoms. The van der Waals surface area contributed by atoms with Crippen molar-refractivity contribution < 1.29 is 23.5 Å². The Morgan fingerprint density at radius 1 is 0.789 bits per heavy atom. The van der Waals surface area contributed by atoms with Crippen LogP contribution in [0, 0.1) is 6.92 Å². The van der Waals surface area contributed by atoms with Crippen molar-refractivity contribution in [3.8, 4) is 0 Å². The van der Waals surface area contributed by atoms with Gasteiger partial charge in [0.2, 0.25) is 0 Å². The molecule has 0 atom stereocenters. The summed E-state index contributed by atoms with van der Waals surface area (Å²) in [4.78, 5) is 44.5. The molecule has 2 aliphatic rings. The quantitative estimate of drug-likeness (QED) is 0.535. The van der Waals surface area contributed by atoms with Crippen molar-refractivity contribution in [2.75, 3.05) is 68.0 Å². The molecule has 5 rings (SSSR count). The lowest BCUT2D eigenvalue weighted by atomic mass is 10.1. The van der Waals surface area contributed by atoms with Crippen molar-refractivity contribution in [3.63, 3.8) is 0 Å². The van der Waals surface area contributed by atoms with Crippen LogP contribution in [0.5, 0.6) is 0 Å². The number of anilines is 3. The maximum atomic E-state index is 13.6. The van der Waals surface area contributed by atoms with Crippen LogP contribution in [0.3, 0.4) is 0 Å². The molecule has 2 fully saturated rings. The number of hydrogen-bond acceptors (Lipinski definition) is 6. The van der Waals surface area contributed by atoms with Crippen LogP contribution in [-0.4, -0.2) is 80.1 Å². The standard InChI is InChI=1S/C28H31N5O5/c1-20-4-6-21(7-5-20)30-28(36)33-12-10-31(11-13-33)24-9-8-22(29-26(34)25-3-2-16-38-25)19-23(24)27(35)32-14-17-37-18-15-32/h2-9,16,19H,10-15,17-18H2,1H3,(H,29,34)(H,30,36). The smallest absolute Gasteiger partial charge is 0.321 e. The van der Waals surface area contributed by atoms with E-state index in [0.29, 0.717) is 63.7 Å². The number of ether oxygens (including phenoxy) is 1. The lowest BCUT2D eigenvalue weighted by molar-refractivity contribution is 0.0303. The Morgan fingerprint density at radius 2 is 1.50 bits per heavy atom. The normalized spacial score (nSPS) is 15.8. The highest BCUT2D eigenvalue weighted by atomic mass is 16.5. The first-order valence-electron chi connectivity index (χ1n) is 12.7. The minimum atomic E-state index is -0.388. The topological polar surface area (TPSA) is 107 Å². The average molecular weight is 518 g/mol. The number of nitrogens with one attached hydrogen (secondary N) is 2. The van der Waals surface area contributed by atoms with Gasteiger partial charge in [-0.05, 0) is 49.4 Å². The summed E-state index contributed by atoms with van der Waals surface area (Å²) in [7, 11) is 0. The third-order valence-electron chi connectivity index (χ3n) is 6.74. The molecule has 0 bridgehead atoms. The van der Waals surface area contributed by atoms with Gasteiger partial charge in [-0.2, -0.15) is 0 Å².